The number of nitrogens with zero attached hydrogens (tertiary/aromatic N) is 2. The van der Waals surface area contributed by atoms with E-state index in [1.54, 1.807) is 0 Å². The lowest BCUT2D eigenvalue weighted by Crippen LogP contribution is -2.21. The van der Waals surface area contributed by atoms with Crippen LogP contribution in [0.1, 0.15) is 22.7 Å². The van der Waals surface area contributed by atoms with E-state index in [1.807, 2.05) is 50.3 Å². The first-order chi connectivity index (χ1) is 12.3. The Labute approximate surface area is 151 Å². The second-order valence-corrected chi connectivity index (χ2v) is 6.45. The van der Waals surface area contributed by atoms with Crippen molar-refractivity contribution in [2.45, 2.75) is 13.0 Å². The molecule has 0 saturated heterocycles. The van der Waals surface area contributed by atoms with E-state index >= 15 is 0 Å². The average molecular weight is 355 g/mol. The fourth-order valence-electron chi connectivity index (χ4n) is 3.36. The van der Waals surface area contributed by atoms with Gasteiger partial charge in [0.15, 0.2) is 11.5 Å². The van der Waals surface area contributed by atoms with E-state index in [0.717, 1.165) is 22.0 Å². The number of phenolic OH excluding ortho intramolecular Hbond substituents is 1. The van der Waals surface area contributed by atoms with E-state index in [1.165, 1.54) is 19.2 Å². The Morgan fingerprint density at radius 3 is 2.62 bits per heavy atom. The number of nitro groups is 1. The molecule has 3 aromatic rings. The lowest BCUT2D eigenvalue weighted by Gasteiger charge is -2.26. The van der Waals surface area contributed by atoms with Gasteiger partial charge in [0, 0.05) is 28.7 Å². The number of benzene rings is 2. The van der Waals surface area contributed by atoms with Gasteiger partial charge in [0.2, 0.25) is 0 Å². The maximum atomic E-state index is 11.3. The number of aryl methyl sites for hydroxylation is 1. The van der Waals surface area contributed by atoms with Gasteiger partial charge in [-0.05, 0) is 32.1 Å². The minimum Gasteiger partial charge on any atom is -0.504 e. The summed E-state index contributed by atoms with van der Waals surface area (Å²) in [7, 11) is 5.11. The number of H-pyrrole nitrogens is 1. The van der Waals surface area contributed by atoms with Crippen molar-refractivity contribution in [2.75, 3.05) is 21.2 Å². The molecule has 3 rings (SSSR count). The highest BCUT2D eigenvalue weighted by molar-refractivity contribution is 5.87. The number of aromatic amines is 1. The van der Waals surface area contributed by atoms with Gasteiger partial charge < -0.3 is 14.8 Å². The lowest BCUT2D eigenvalue weighted by molar-refractivity contribution is -0.385. The number of hydrogen-bond acceptors (Lipinski definition) is 5. The van der Waals surface area contributed by atoms with E-state index < -0.39 is 4.92 Å². The molecule has 1 heterocycles. The van der Waals surface area contributed by atoms with Crippen molar-refractivity contribution >= 4 is 16.6 Å². The third-order valence-electron chi connectivity index (χ3n) is 4.58. The predicted octanol–water partition coefficient (Wildman–Crippen LogP) is 3.75. The molecular weight excluding hydrogens is 334 g/mol. The Morgan fingerprint density at radius 1 is 1.27 bits per heavy atom. The first-order valence-corrected chi connectivity index (χ1v) is 8.13. The third-order valence-corrected chi connectivity index (χ3v) is 4.58. The molecule has 7 nitrogen and oxygen atoms in total. The highest BCUT2D eigenvalue weighted by Crippen LogP contribution is 2.43. The molecule has 0 saturated carbocycles. The van der Waals surface area contributed by atoms with Gasteiger partial charge in [-0.1, -0.05) is 18.2 Å². The number of fused-ring (bicyclic) bond motifs is 1. The average Bonchev–Trinajstić information content (AvgIpc) is 3.01. The number of nitrogens with one attached hydrogen (secondary N) is 1. The van der Waals surface area contributed by atoms with Crippen LogP contribution in [0.2, 0.25) is 0 Å². The second-order valence-electron chi connectivity index (χ2n) is 6.45. The van der Waals surface area contributed by atoms with Crippen LogP contribution in [0.5, 0.6) is 11.5 Å². The number of methoxy groups -OCH3 is 1. The zero-order chi connectivity index (χ0) is 19.0. The summed E-state index contributed by atoms with van der Waals surface area (Å²) in [5.74, 6) is -0.0177. The SMILES string of the molecule is COc1cc([N+](=O)[O-])cc(C(c2c[nH]c3c(C)cccc23)N(C)C)c1O. The minimum atomic E-state index is -0.489. The first kappa shape index (κ1) is 17.8. The van der Waals surface area contributed by atoms with Crippen LogP contribution >= 0.6 is 0 Å². The molecule has 0 amide bonds. The summed E-state index contributed by atoms with van der Waals surface area (Å²) in [4.78, 5) is 16.0. The molecule has 0 aliphatic rings. The molecule has 0 aliphatic carbocycles. The zero-order valence-electron chi connectivity index (χ0n) is 15.1. The van der Waals surface area contributed by atoms with Crippen LogP contribution in [0.15, 0.2) is 36.5 Å². The number of ether oxygens (including phenoxy) is 1. The summed E-state index contributed by atoms with van der Waals surface area (Å²) in [6.45, 7) is 2.02. The second kappa shape index (κ2) is 6.68. The molecular formula is C19H21N3O4. The number of hydrogen-bond donors (Lipinski definition) is 2. The first-order valence-electron chi connectivity index (χ1n) is 8.13. The fourth-order valence-corrected chi connectivity index (χ4v) is 3.36. The van der Waals surface area contributed by atoms with E-state index in [9.17, 15) is 15.2 Å². The number of rotatable bonds is 5. The van der Waals surface area contributed by atoms with Crippen molar-refractivity contribution < 1.29 is 14.8 Å². The third kappa shape index (κ3) is 2.86. The molecule has 1 unspecified atom stereocenters. The standard InChI is InChI=1S/C19H21N3O4/c1-11-6-5-7-13-15(10-20-17(11)13)18(21(2)3)14-8-12(22(24)25)9-16(26-4)19(14)23/h5-10,18,20,23H,1-4H3. The Morgan fingerprint density at radius 2 is 2.00 bits per heavy atom. The van der Waals surface area contributed by atoms with Crippen LogP contribution in [0.25, 0.3) is 10.9 Å². The molecule has 0 aliphatic heterocycles. The molecule has 0 fully saturated rings. The predicted molar refractivity (Wildman–Crippen MR) is 99.9 cm³/mol. The molecule has 2 aromatic carbocycles. The number of aromatic nitrogens is 1. The van der Waals surface area contributed by atoms with Crippen molar-refractivity contribution in [1.29, 1.82) is 0 Å². The van der Waals surface area contributed by atoms with Crippen LogP contribution in [-0.2, 0) is 0 Å². The molecule has 0 radical (unpaired) electrons. The van der Waals surface area contributed by atoms with E-state index in [4.69, 9.17) is 4.74 Å². The van der Waals surface area contributed by atoms with Crippen LogP contribution in [0.3, 0.4) is 0 Å². The number of aromatic hydroxyl groups is 1. The van der Waals surface area contributed by atoms with Gasteiger partial charge in [0.25, 0.3) is 5.69 Å². The number of non-ortho nitro benzene ring substituents is 1. The number of nitro benzene ring substituents is 1. The fraction of sp³-hybridized carbons (Fsp3) is 0.263. The van der Waals surface area contributed by atoms with Crippen molar-refractivity contribution in [3.05, 3.63) is 63.3 Å². The number of para-hydroxylation sites is 1. The molecule has 0 spiro atoms. The lowest BCUT2D eigenvalue weighted by atomic mass is 9.95. The largest absolute Gasteiger partial charge is 0.504 e. The van der Waals surface area contributed by atoms with E-state index in [0.29, 0.717) is 5.56 Å². The van der Waals surface area contributed by atoms with Crippen LogP contribution in [-0.4, -0.2) is 41.1 Å². The Hall–Kier alpha value is -3.06. The van der Waals surface area contributed by atoms with Crippen molar-refractivity contribution in [1.82, 2.24) is 9.88 Å². The Kier molecular flexibility index (Phi) is 4.56. The van der Waals surface area contributed by atoms with Crippen molar-refractivity contribution in [2.24, 2.45) is 0 Å². The van der Waals surface area contributed by atoms with Gasteiger partial charge in [-0.25, -0.2) is 0 Å². The van der Waals surface area contributed by atoms with E-state index in [-0.39, 0.29) is 23.2 Å². The summed E-state index contributed by atoms with van der Waals surface area (Å²) >= 11 is 0. The maximum absolute atomic E-state index is 11.3. The summed E-state index contributed by atoms with van der Waals surface area (Å²) in [6.07, 6.45) is 1.88. The molecule has 0 bridgehead atoms. The van der Waals surface area contributed by atoms with Crippen LogP contribution in [0.4, 0.5) is 5.69 Å². The monoisotopic (exact) mass is 355 g/mol. The normalized spacial score (nSPS) is 12.5. The van der Waals surface area contributed by atoms with Crippen LogP contribution in [0, 0.1) is 17.0 Å². The molecule has 26 heavy (non-hydrogen) atoms. The van der Waals surface area contributed by atoms with Gasteiger partial charge in [0.05, 0.1) is 24.1 Å². The molecule has 1 atom stereocenters. The highest BCUT2D eigenvalue weighted by Gasteiger charge is 2.27. The number of phenols is 1. The smallest absolute Gasteiger partial charge is 0.273 e. The Balaban J connectivity index is 2.28. The zero-order valence-corrected chi connectivity index (χ0v) is 15.1. The topological polar surface area (TPSA) is 91.6 Å². The highest BCUT2D eigenvalue weighted by atomic mass is 16.6. The van der Waals surface area contributed by atoms with E-state index in [2.05, 4.69) is 4.98 Å². The van der Waals surface area contributed by atoms with Gasteiger partial charge in [-0.3, -0.25) is 15.0 Å². The molecule has 2 N–H and O–H groups in total. The molecule has 136 valence electrons. The quantitative estimate of drug-likeness (QED) is 0.537. The summed E-state index contributed by atoms with van der Waals surface area (Å²) in [6, 6.07) is 8.22. The van der Waals surface area contributed by atoms with Gasteiger partial charge in [0.1, 0.15) is 0 Å². The van der Waals surface area contributed by atoms with Crippen molar-refractivity contribution in [3.8, 4) is 11.5 Å². The summed E-state index contributed by atoms with van der Waals surface area (Å²) < 4.78 is 5.15. The van der Waals surface area contributed by atoms with Gasteiger partial charge >= 0.3 is 0 Å². The van der Waals surface area contributed by atoms with Gasteiger partial charge in [-0.2, -0.15) is 0 Å². The summed E-state index contributed by atoms with van der Waals surface area (Å²) in [5, 5.41) is 23.0. The van der Waals surface area contributed by atoms with Crippen molar-refractivity contribution in [3.63, 3.8) is 0 Å². The van der Waals surface area contributed by atoms with Crippen LogP contribution < -0.4 is 4.74 Å². The summed E-state index contributed by atoms with van der Waals surface area (Å²) in [5.41, 5.74) is 3.32. The Bertz CT molecular complexity index is 978. The molecule has 7 heteroatoms. The minimum absolute atomic E-state index is 0.0806. The van der Waals surface area contributed by atoms with Gasteiger partial charge in [-0.15, -0.1) is 0 Å². The molecule has 1 aromatic heterocycles. The maximum Gasteiger partial charge on any atom is 0.273 e.